The maximum absolute atomic E-state index is 15.6. The number of nitrogens with one attached hydrogen (secondary N) is 1. The van der Waals surface area contributed by atoms with Crippen LogP contribution in [0.1, 0.15) is 66.9 Å². The van der Waals surface area contributed by atoms with E-state index >= 15 is 4.39 Å². The van der Waals surface area contributed by atoms with Crippen LogP contribution in [0.2, 0.25) is 0 Å². The molecule has 0 spiro atoms. The Labute approximate surface area is 342 Å². The van der Waals surface area contributed by atoms with Crippen molar-refractivity contribution in [2.24, 2.45) is 0 Å². The molecule has 7 aromatic rings. The average Bonchev–Trinajstić information content (AvgIpc) is 3.82. The molecule has 300 valence electrons. The highest BCUT2D eigenvalue weighted by atomic mass is 19.1. The molecule has 0 radical (unpaired) electrons. The molecule has 2 N–H and O–H groups in total. The Hall–Kier alpha value is -6.75. The zero-order valence-electron chi connectivity index (χ0n) is 33.5. The fourth-order valence-corrected chi connectivity index (χ4v) is 7.72. The number of hydrogen-bond donors (Lipinski definition) is 2. The van der Waals surface area contributed by atoms with E-state index in [-0.39, 0.29) is 37.3 Å². The first-order chi connectivity index (χ1) is 28.5. The van der Waals surface area contributed by atoms with Crippen LogP contribution in [0.5, 0.6) is 5.75 Å². The topological polar surface area (TPSA) is 123 Å². The highest BCUT2D eigenvalue weighted by molar-refractivity contribution is 5.94. The standard InChI is InChI=1S/C48H46FN5O5/c1-5-33-23-43(58-28-30-13-8-6-9-14-30)38(49)24-37(33)34-19-20-36-39(22-34)51-52-44(36)45-50-40-27-54(47(56)57)42(46(55)59-29-31-15-10-7-11-16-31)25-41(40)53(45)26-32-17-12-18-35(21-32)48(2,3)4/h6-24,42H,5,25-29H2,1-4H3,(H,51,52)(H,56,57). The Balaban J connectivity index is 1.16. The highest BCUT2D eigenvalue weighted by Crippen LogP contribution is 2.37. The van der Waals surface area contributed by atoms with Crippen LogP contribution < -0.4 is 4.74 Å². The van der Waals surface area contributed by atoms with Crippen LogP contribution in [0.3, 0.4) is 0 Å². The number of fused-ring (bicyclic) bond motifs is 2. The van der Waals surface area contributed by atoms with Gasteiger partial charge in [0.25, 0.3) is 0 Å². The minimum Gasteiger partial charge on any atom is -0.486 e. The Morgan fingerprint density at radius 1 is 0.881 bits per heavy atom. The van der Waals surface area contributed by atoms with E-state index in [2.05, 4.69) is 48.6 Å². The van der Waals surface area contributed by atoms with Crippen LogP contribution in [-0.2, 0) is 54.1 Å². The fourth-order valence-electron chi connectivity index (χ4n) is 7.72. The number of aromatic amines is 1. The van der Waals surface area contributed by atoms with Crippen molar-refractivity contribution in [1.29, 1.82) is 0 Å². The van der Waals surface area contributed by atoms with Gasteiger partial charge in [-0.05, 0) is 75.0 Å². The van der Waals surface area contributed by atoms with Gasteiger partial charge in [-0.2, -0.15) is 5.10 Å². The number of amides is 1. The van der Waals surface area contributed by atoms with Gasteiger partial charge < -0.3 is 19.1 Å². The number of rotatable bonds is 11. The minimum atomic E-state index is -1.23. The molecule has 2 aromatic heterocycles. The van der Waals surface area contributed by atoms with Crippen molar-refractivity contribution in [3.63, 3.8) is 0 Å². The summed E-state index contributed by atoms with van der Waals surface area (Å²) >= 11 is 0. The SMILES string of the molecule is CCc1cc(OCc2ccccc2)c(F)cc1-c1ccc2c(-c3nc4c(n3Cc3cccc(C(C)(C)C)c3)CC(C(=O)OCc3ccccc3)N(C(=O)O)C4)n[nH]c2c1. The summed E-state index contributed by atoms with van der Waals surface area (Å²) in [6.07, 6.45) is -0.496. The van der Waals surface area contributed by atoms with E-state index in [1.807, 2.05) is 91.9 Å². The third-order valence-corrected chi connectivity index (χ3v) is 11.0. The van der Waals surface area contributed by atoms with E-state index < -0.39 is 23.9 Å². The lowest BCUT2D eigenvalue weighted by atomic mass is 9.86. The summed E-state index contributed by atoms with van der Waals surface area (Å²) in [6.45, 7) is 9.13. The predicted molar refractivity (Wildman–Crippen MR) is 224 cm³/mol. The molecule has 11 heteroatoms. The molecular weight excluding hydrogens is 746 g/mol. The zero-order valence-corrected chi connectivity index (χ0v) is 33.5. The summed E-state index contributed by atoms with van der Waals surface area (Å²) in [6, 6.07) is 35.4. The minimum absolute atomic E-state index is 0.0282. The number of H-pyrrole nitrogens is 1. The quantitative estimate of drug-likeness (QED) is 0.125. The van der Waals surface area contributed by atoms with Gasteiger partial charge >= 0.3 is 12.1 Å². The molecule has 0 aliphatic carbocycles. The van der Waals surface area contributed by atoms with Crippen molar-refractivity contribution in [3.8, 4) is 28.4 Å². The highest BCUT2D eigenvalue weighted by Gasteiger charge is 2.39. The summed E-state index contributed by atoms with van der Waals surface area (Å²) in [5.74, 6) is -0.322. The van der Waals surface area contributed by atoms with Crippen molar-refractivity contribution in [2.45, 2.75) is 78.3 Å². The number of imidazole rings is 1. The summed E-state index contributed by atoms with van der Waals surface area (Å²) in [4.78, 5) is 32.4. The second-order valence-electron chi connectivity index (χ2n) is 16.0. The molecule has 8 rings (SSSR count). The van der Waals surface area contributed by atoms with E-state index in [0.29, 0.717) is 30.2 Å². The van der Waals surface area contributed by atoms with Crippen LogP contribution in [-0.4, -0.2) is 47.9 Å². The molecule has 59 heavy (non-hydrogen) atoms. The number of aryl methyl sites for hydroxylation is 1. The molecule has 1 aliphatic rings. The summed E-state index contributed by atoms with van der Waals surface area (Å²) in [5, 5.41) is 19.1. The molecule has 1 atom stereocenters. The van der Waals surface area contributed by atoms with Gasteiger partial charge in [0.05, 0.1) is 17.8 Å². The largest absolute Gasteiger partial charge is 0.486 e. The van der Waals surface area contributed by atoms with E-state index in [4.69, 9.17) is 19.6 Å². The number of benzene rings is 5. The van der Waals surface area contributed by atoms with Gasteiger partial charge in [0.1, 0.15) is 24.9 Å². The van der Waals surface area contributed by atoms with Gasteiger partial charge in [-0.1, -0.05) is 119 Å². The monoisotopic (exact) mass is 791 g/mol. The predicted octanol–water partition coefficient (Wildman–Crippen LogP) is 9.87. The first-order valence-electron chi connectivity index (χ1n) is 19.8. The lowest BCUT2D eigenvalue weighted by Crippen LogP contribution is -2.49. The Morgan fingerprint density at radius 3 is 2.29 bits per heavy atom. The van der Waals surface area contributed by atoms with Gasteiger partial charge in [0, 0.05) is 24.0 Å². The summed E-state index contributed by atoms with van der Waals surface area (Å²) in [7, 11) is 0. The smallest absolute Gasteiger partial charge is 0.408 e. The summed E-state index contributed by atoms with van der Waals surface area (Å²) in [5.41, 5.74) is 8.96. The van der Waals surface area contributed by atoms with Crippen molar-refractivity contribution in [3.05, 3.63) is 160 Å². The van der Waals surface area contributed by atoms with Gasteiger partial charge in [-0.25, -0.2) is 19.0 Å². The van der Waals surface area contributed by atoms with Crippen molar-refractivity contribution in [1.82, 2.24) is 24.6 Å². The van der Waals surface area contributed by atoms with E-state index in [1.54, 1.807) is 6.07 Å². The Bertz CT molecular complexity index is 2650. The second-order valence-corrected chi connectivity index (χ2v) is 16.0. The maximum Gasteiger partial charge on any atom is 0.408 e. The first kappa shape index (κ1) is 39.1. The molecular formula is C48H46FN5O5. The lowest BCUT2D eigenvalue weighted by Gasteiger charge is -2.32. The zero-order chi connectivity index (χ0) is 41.3. The third kappa shape index (κ3) is 8.18. The van der Waals surface area contributed by atoms with Crippen molar-refractivity contribution < 1.29 is 28.6 Å². The van der Waals surface area contributed by atoms with Crippen LogP contribution in [0.15, 0.2) is 115 Å². The molecule has 0 fully saturated rings. The fraction of sp³-hybridized carbons (Fsp3) is 0.250. The third-order valence-electron chi connectivity index (χ3n) is 11.0. The second kappa shape index (κ2) is 16.2. The molecule has 0 saturated carbocycles. The van der Waals surface area contributed by atoms with Crippen LogP contribution in [0, 0.1) is 5.82 Å². The van der Waals surface area contributed by atoms with E-state index in [0.717, 1.165) is 54.9 Å². The van der Waals surface area contributed by atoms with E-state index in [9.17, 15) is 14.7 Å². The Morgan fingerprint density at radius 2 is 1.59 bits per heavy atom. The summed E-state index contributed by atoms with van der Waals surface area (Å²) < 4.78 is 29.2. The number of hydrogen-bond acceptors (Lipinski definition) is 6. The molecule has 1 aliphatic heterocycles. The van der Waals surface area contributed by atoms with Crippen LogP contribution >= 0.6 is 0 Å². The van der Waals surface area contributed by atoms with Gasteiger partial charge in [-0.15, -0.1) is 0 Å². The molecule has 0 saturated heterocycles. The van der Waals surface area contributed by atoms with Gasteiger partial charge in [-0.3, -0.25) is 10.00 Å². The van der Waals surface area contributed by atoms with Crippen molar-refractivity contribution >= 4 is 23.0 Å². The number of ether oxygens (including phenoxy) is 2. The average molecular weight is 792 g/mol. The molecule has 5 aromatic carbocycles. The number of carbonyl (C=O) groups excluding carboxylic acids is 1. The first-order valence-corrected chi connectivity index (χ1v) is 19.8. The molecule has 0 bridgehead atoms. The normalized spacial score (nSPS) is 14.0. The van der Waals surface area contributed by atoms with E-state index in [1.165, 1.54) is 11.6 Å². The van der Waals surface area contributed by atoms with Gasteiger partial charge in [0.2, 0.25) is 0 Å². The van der Waals surface area contributed by atoms with Crippen LogP contribution in [0.4, 0.5) is 9.18 Å². The molecule has 10 nitrogen and oxygen atoms in total. The molecule has 1 unspecified atom stereocenters. The molecule has 3 heterocycles. The van der Waals surface area contributed by atoms with Crippen molar-refractivity contribution in [2.75, 3.05) is 0 Å². The number of nitrogens with zero attached hydrogens (tertiary/aromatic N) is 4. The number of esters is 1. The Kier molecular flexibility index (Phi) is 10.8. The number of carbonyl (C=O) groups is 2. The lowest BCUT2D eigenvalue weighted by molar-refractivity contribution is -0.151. The van der Waals surface area contributed by atoms with Crippen LogP contribution in [0.25, 0.3) is 33.5 Å². The number of carboxylic acid groups (broad SMARTS) is 1. The molecule has 1 amide bonds. The van der Waals surface area contributed by atoms with Gasteiger partial charge in [0.15, 0.2) is 17.4 Å². The number of halogens is 1. The maximum atomic E-state index is 15.6. The number of aromatic nitrogens is 4.